The van der Waals surface area contributed by atoms with Gasteiger partial charge >= 0.3 is 5.97 Å². The number of carbonyl (C=O) groups is 1. The number of carboxylic acid groups (broad SMARTS) is 1. The number of aromatic nitrogens is 2. The van der Waals surface area contributed by atoms with Gasteiger partial charge in [-0.05, 0) is 38.5 Å². The van der Waals surface area contributed by atoms with Gasteiger partial charge in [-0.2, -0.15) is 5.10 Å². The lowest BCUT2D eigenvalue weighted by Crippen LogP contribution is -2.22. The second-order valence-corrected chi connectivity index (χ2v) is 6.58. The fourth-order valence-electron chi connectivity index (χ4n) is 2.21. The van der Waals surface area contributed by atoms with Crippen LogP contribution in [-0.4, -0.2) is 27.0 Å². The fraction of sp³-hybridized carbons (Fsp3) is 0.375. The summed E-state index contributed by atoms with van der Waals surface area (Å²) in [6, 6.07) is 5.14. The molecule has 2 rings (SSSR count). The maximum absolute atomic E-state index is 10.9. The second kappa shape index (κ2) is 7.27. The van der Waals surface area contributed by atoms with Gasteiger partial charge in [0.1, 0.15) is 10.8 Å². The van der Waals surface area contributed by atoms with Crippen molar-refractivity contribution in [3.8, 4) is 5.75 Å². The Balaban J connectivity index is 2.31. The number of nitrogens with zero attached hydrogens (tertiary/aromatic N) is 2. The predicted octanol–water partition coefficient (Wildman–Crippen LogP) is 3.95. The van der Waals surface area contributed by atoms with Gasteiger partial charge in [-0.1, -0.05) is 30.3 Å². The van der Waals surface area contributed by atoms with Crippen LogP contribution in [0, 0.1) is 6.92 Å². The van der Waals surface area contributed by atoms with Crippen molar-refractivity contribution in [3.05, 3.63) is 34.5 Å². The zero-order valence-electron chi connectivity index (χ0n) is 13.5. The van der Waals surface area contributed by atoms with Gasteiger partial charge < -0.3 is 9.84 Å². The third-order valence-corrected chi connectivity index (χ3v) is 5.12. The van der Waals surface area contributed by atoms with Crippen molar-refractivity contribution in [1.29, 1.82) is 0 Å². The number of halogens is 1. The SMILES string of the molecule is CCc1c(C)nn(C)c1Sc1cc(O[C@@H](C)C(=O)O)ccc1Cl. The number of aliphatic carboxylic acids is 1. The summed E-state index contributed by atoms with van der Waals surface area (Å²) in [5, 5.41) is 15.0. The summed E-state index contributed by atoms with van der Waals surface area (Å²) in [6.45, 7) is 5.56. The van der Waals surface area contributed by atoms with Crippen LogP contribution in [0.25, 0.3) is 0 Å². The van der Waals surface area contributed by atoms with Gasteiger partial charge in [0.25, 0.3) is 0 Å². The molecule has 2 aromatic rings. The Morgan fingerprint density at radius 1 is 1.52 bits per heavy atom. The monoisotopic (exact) mass is 354 g/mol. The molecule has 0 aliphatic heterocycles. The Hall–Kier alpha value is -1.66. The van der Waals surface area contributed by atoms with Crippen molar-refractivity contribution < 1.29 is 14.6 Å². The van der Waals surface area contributed by atoms with Crippen molar-refractivity contribution in [1.82, 2.24) is 9.78 Å². The Morgan fingerprint density at radius 2 is 2.22 bits per heavy atom. The maximum Gasteiger partial charge on any atom is 0.344 e. The highest BCUT2D eigenvalue weighted by Crippen LogP contribution is 2.38. The van der Waals surface area contributed by atoms with E-state index in [9.17, 15) is 4.79 Å². The van der Waals surface area contributed by atoms with E-state index in [4.69, 9.17) is 21.4 Å². The molecule has 0 unspecified atom stereocenters. The Bertz CT molecular complexity index is 730. The number of benzene rings is 1. The van der Waals surface area contributed by atoms with Crippen LogP contribution in [0.1, 0.15) is 25.1 Å². The van der Waals surface area contributed by atoms with E-state index >= 15 is 0 Å². The summed E-state index contributed by atoms with van der Waals surface area (Å²) in [4.78, 5) is 11.7. The van der Waals surface area contributed by atoms with E-state index in [2.05, 4.69) is 12.0 Å². The standard InChI is InChI=1S/C16H19ClN2O3S/c1-5-12-9(2)18-19(4)15(12)23-14-8-11(6-7-13(14)17)22-10(3)16(20)21/h6-8,10H,5H2,1-4H3,(H,20,21)/t10-/m0/s1. The van der Waals surface area contributed by atoms with Crippen LogP contribution in [0.2, 0.25) is 5.02 Å². The van der Waals surface area contributed by atoms with Crippen LogP contribution >= 0.6 is 23.4 Å². The lowest BCUT2D eigenvalue weighted by molar-refractivity contribution is -0.144. The third-order valence-electron chi connectivity index (χ3n) is 3.41. The van der Waals surface area contributed by atoms with Crippen molar-refractivity contribution in [2.24, 2.45) is 7.05 Å². The van der Waals surface area contributed by atoms with E-state index in [1.165, 1.54) is 24.2 Å². The van der Waals surface area contributed by atoms with Crippen LogP contribution in [0.15, 0.2) is 28.1 Å². The van der Waals surface area contributed by atoms with E-state index in [0.29, 0.717) is 10.8 Å². The highest BCUT2D eigenvalue weighted by Gasteiger charge is 2.17. The largest absolute Gasteiger partial charge is 0.479 e. The Kier molecular flexibility index (Phi) is 5.59. The van der Waals surface area contributed by atoms with Crippen molar-refractivity contribution in [3.63, 3.8) is 0 Å². The molecular weight excluding hydrogens is 336 g/mol. The number of aryl methyl sites for hydroxylation is 2. The molecular formula is C16H19ClN2O3S. The first-order valence-electron chi connectivity index (χ1n) is 7.22. The van der Waals surface area contributed by atoms with Crippen molar-refractivity contribution >= 4 is 29.3 Å². The molecule has 1 heterocycles. The highest BCUT2D eigenvalue weighted by molar-refractivity contribution is 7.99. The van der Waals surface area contributed by atoms with Crippen LogP contribution in [-0.2, 0) is 18.3 Å². The molecule has 0 radical (unpaired) electrons. The second-order valence-electron chi connectivity index (χ2n) is 5.14. The summed E-state index contributed by atoms with van der Waals surface area (Å²) < 4.78 is 7.24. The summed E-state index contributed by atoms with van der Waals surface area (Å²) in [5.41, 5.74) is 2.18. The van der Waals surface area contributed by atoms with Crippen LogP contribution in [0.4, 0.5) is 0 Å². The molecule has 0 saturated heterocycles. The molecule has 0 amide bonds. The van der Waals surface area contributed by atoms with Gasteiger partial charge in [0, 0.05) is 17.5 Å². The van der Waals surface area contributed by atoms with Gasteiger partial charge in [0.2, 0.25) is 0 Å². The Labute approximate surface area is 144 Å². The quantitative estimate of drug-likeness (QED) is 0.851. The molecule has 1 aromatic carbocycles. The molecule has 0 spiro atoms. The smallest absolute Gasteiger partial charge is 0.344 e. The first-order valence-corrected chi connectivity index (χ1v) is 8.42. The lowest BCUT2D eigenvalue weighted by Gasteiger charge is -2.13. The van der Waals surface area contributed by atoms with Gasteiger partial charge in [-0.15, -0.1) is 0 Å². The number of hydrogen-bond donors (Lipinski definition) is 1. The van der Waals surface area contributed by atoms with Crippen LogP contribution in [0.3, 0.4) is 0 Å². The minimum Gasteiger partial charge on any atom is -0.479 e. The van der Waals surface area contributed by atoms with Crippen molar-refractivity contribution in [2.75, 3.05) is 0 Å². The van der Waals surface area contributed by atoms with Gasteiger partial charge in [0.05, 0.1) is 10.7 Å². The van der Waals surface area contributed by atoms with Crippen LogP contribution in [0.5, 0.6) is 5.75 Å². The fourth-order valence-corrected chi connectivity index (χ4v) is 3.58. The molecule has 0 fully saturated rings. The molecule has 7 heteroatoms. The minimum absolute atomic E-state index is 0.476. The van der Waals surface area contributed by atoms with E-state index < -0.39 is 12.1 Å². The minimum atomic E-state index is -1.01. The average Bonchev–Trinajstić information content (AvgIpc) is 2.75. The first-order chi connectivity index (χ1) is 10.8. The number of rotatable bonds is 6. The molecule has 1 atom stereocenters. The van der Waals surface area contributed by atoms with Crippen LogP contribution < -0.4 is 4.74 Å². The van der Waals surface area contributed by atoms with Gasteiger partial charge in [-0.25, -0.2) is 4.79 Å². The molecule has 5 nitrogen and oxygen atoms in total. The number of hydrogen-bond acceptors (Lipinski definition) is 4. The maximum atomic E-state index is 10.9. The topological polar surface area (TPSA) is 64.4 Å². The van der Waals surface area contributed by atoms with E-state index in [-0.39, 0.29) is 0 Å². The lowest BCUT2D eigenvalue weighted by atomic mass is 10.2. The molecule has 1 aromatic heterocycles. The average molecular weight is 355 g/mol. The van der Waals surface area contributed by atoms with Gasteiger partial charge in [0.15, 0.2) is 6.10 Å². The predicted molar refractivity (Wildman–Crippen MR) is 90.6 cm³/mol. The number of carboxylic acids is 1. The molecule has 0 aliphatic carbocycles. The molecule has 1 N–H and O–H groups in total. The molecule has 23 heavy (non-hydrogen) atoms. The molecule has 0 saturated carbocycles. The third kappa shape index (κ3) is 4.00. The zero-order valence-corrected chi connectivity index (χ0v) is 15.0. The zero-order chi connectivity index (χ0) is 17.1. The Morgan fingerprint density at radius 3 is 2.83 bits per heavy atom. The normalized spacial score (nSPS) is 12.2. The summed E-state index contributed by atoms with van der Waals surface area (Å²) in [7, 11) is 1.90. The summed E-state index contributed by atoms with van der Waals surface area (Å²) >= 11 is 7.78. The highest BCUT2D eigenvalue weighted by atomic mass is 35.5. The molecule has 0 aliphatic rings. The van der Waals surface area contributed by atoms with Crippen molar-refractivity contribution in [2.45, 2.75) is 43.2 Å². The van der Waals surface area contributed by atoms with Gasteiger partial charge in [-0.3, -0.25) is 4.68 Å². The first kappa shape index (κ1) is 17.7. The molecule has 124 valence electrons. The summed E-state index contributed by atoms with van der Waals surface area (Å²) in [5.74, 6) is -0.534. The van der Waals surface area contributed by atoms with E-state index in [1.807, 2.05) is 18.7 Å². The van der Waals surface area contributed by atoms with E-state index in [0.717, 1.165) is 22.0 Å². The van der Waals surface area contributed by atoms with E-state index in [1.54, 1.807) is 18.2 Å². The molecule has 0 bridgehead atoms. The summed E-state index contributed by atoms with van der Waals surface area (Å²) in [6.07, 6.45) is -0.0366. The number of ether oxygens (including phenoxy) is 1.